The predicted molar refractivity (Wildman–Crippen MR) is 97.9 cm³/mol. The van der Waals surface area contributed by atoms with Crippen molar-refractivity contribution in [2.45, 2.75) is 38.0 Å². The minimum Gasteiger partial charge on any atom is -0.340 e. The number of piperazine rings is 1. The number of fused-ring (bicyclic) bond motifs is 1. The molecule has 6 nitrogen and oxygen atoms in total. The minimum absolute atomic E-state index is 0.116. The molecule has 3 rings (SSSR count). The molecule has 0 aromatic heterocycles. The van der Waals surface area contributed by atoms with Crippen molar-refractivity contribution in [1.82, 2.24) is 9.80 Å². The van der Waals surface area contributed by atoms with Gasteiger partial charge in [-0.05, 0) is 42.0 Å². The second-order valence-corrected chi connectivity index (χ2v) is 9.20. The number of amides is 1. The van der Waals surface area contributed by atoms with E-state index >= 15 is 0 Å². The van der Waals surface area contributed by atoms with Gasteiger partial charge in [-0.1, -0.05) is 17.7 Å². The number of sulfonamides is 1. The fourth-order valence-corrected chi connectivity index (χ4v) is 4.94. The van der Waals surface area contributed by atoms with Gasteiger partial charge in [0.15, 0.2) is 0 Å². The van der Waals surface area contributed by atoms with Crippen LogP contribution in [0.5, 0.6) is 0 Å². The molecule has 0 bridgehead atoms. The van der Waals surface area contributed by atoms with Crippen LogP contribution in [0.2, 0.25) is 5.02 Å². The molecule has 1 heterocycles. The van der Waals surface area contributed by atoms with Crippen molar-refractivity contribution in [3.8, 4) is 0 Å². The maximum atomic E-state index is 11.7. The van der Waals surface area contributed by atoms with Gasteiger partial charge in [0, 0.05) is 44.7 Å². The number of rotatable bonds is 3. The Morgan fingerprint density at radius 3 is 2.56 bits per heavy atom. The van der Waals surface area contributed by atoms with Crippen LogP contribution in [0.3, 0.4) is 0 Å². The number of hydrogen-bond acceptors (Lipinski definition) is 4. The number of hydrogen-bond donors (Lipinski definition) is 1. The molecule has 1 aromatic carbocycles. The molecule has 1 unspecified atom stereocenters. The third-order valence-corrected chi connectivity index (χ3v) is 6.87. The van der Waals surface area contributed by atoms with Gasteiger partial charge in [0.1, 0.15) is 0 Å². The summed E-state index contributed by atoms with van der Waals surface area (Å²) in [6, 6.07) is 4.05. The molecule has 0 spiro atoms. The van der Waals surface area contributed by atoms with Gasteiger partial charge in [-0.15, -0.1) is 0 Å². The van der Waals surface area contributed by atoms with Gasteiger partial charge in [-0.2, -0.15) is 0 Å². The molecule has 2 aliphatic rings. The van der Waals surface area contributed by atoms with Gasteiger partial charge in [0.25, 0.3) is 0 Å². The van der Waals surface area contributed by atoms with Crippen molar-refractivity contribution in [3.05, 3.63) is 33.8 Å². The molecule has 25 heavy (non-hydrogen) atoms. The molecule has 1 aliphatic heterocycles. The van der Waals surface area contributed by atoms with E-state index in [2.05, 4.69) is 11.0 Å². The van der Waals surface area contributed by atoms with Crippen molar-refractivity contribution in [1.29, 1.82) is 0 Å². The van der Waals surface area contributed by atoms with Crippen molar-refractivity contribution in [3.63, 3.8) is 0 Å². The van der Waals surface area contributed by atoms with E-state index in [4.69, 9.17) is 16.7 Å². The summed E-state index contributed by atoms with van der Waals surface area (Å²) in [5, 5.41) is 5.52. The van der Waals surface area contributed by atoms with E-state index in [0.29, 0.717) is 24.3 Å². The summed E-state index contributed by atoms with van der Waals surface area (Å²) in [7, 11) is -3.53. The third kappa shape index (κ3) is 4.34. The van der Waals surface area contributed by atoms with Crippen LogP contribution in [0.15, 0.2) is 12.1 Å². The molecular formula is C17H24ClN3O3S. The topological polar surface area (TPSA) is 83.7 Å². The first kappa shape index (κ1) is 18.6. The summed E-state index contributed by atoms with van der Waals surface area (Å²) in [5.74, 6) is 0.116. The van der Waals surface area contributed by atoms with Crippen LogP contribution in [0, 0.1) is 0 Å². The van der Waals surface area contributed by atoms with E-state index in [1.165, 1.54) is 0 Å². The SMILES string of the molecule is CC(=O)N1CCN(Cc2cc(Cl)c3c(c2)CC(S(N)(=O)=O)CC3)CC1. The van der Waals surface area contributed by atoms with Crippen LogP contribution in [-0.2, 0) is 34.2 Å². The van der Waals surface area contributed by atoms with Gasteiger partial charge in [0.2, 0.25) is 15.9 Å². The molecule has 1 saturated heterocycles. The predicted octanol–water partition coefficient (Wildman–Crippen LogP) is 1.15. The van der Waals surface area contributed by atoms with Crippen LogP contribution >= 0.6 is 11.6 Å². The van der Waals surface area contributed by atoms with Gasteiger partial charge in [-0.25, -0.2) is 13.6 Å². The van der Waals surface area contributed by atoms with Crippen LogP contribution < -0.4 is 5.14 Å². The Morgan fingerprint density at radius 2 is 1.96 bits per heavy atom. The van der Waals surface area contributed by atoms with E-state index in [1.54, 1.807) is 6.92 Å². The lowest BCUT2D eigenvalue weighted by molar-refractivity contribution is -0.130. The highest BCUT2D eigenvalue weighted by Gasteiger charge is 2.28. The zero-order chi connectivity index (χ0) is 18.2. The zero-order valence-corrected chi connectivity index (χ0v) is 15.9. The highest BCUT2D eigenvalue weighted by molar-refractivity contribution is 7.89. The smallest absolute Gasteiger partial charge is 0.219 e. The first-order valence-electron chi connectivity index (χ1n) is 8.53. The molecule has 8 heteroatoms. The van der Waals surface area contributed by atoms with Gasteiger partial charge in [-0.3, -0.25) is 9.69 Å². The van der Waals surface area contributed by atoms with E-state index in [0.717, 1.165) is 49.4 Å². The van der Waals surface area contributed by atoms with E-state index in [-0.39, 0.29) is 5.91 Å². The van der Waals surface area contributed by atoms with E-state index in [9.17, 15) is 13.2 Å². The molecule has 138 valence electrons. The fraction of sp³-hybridized carbons (Fsp3) is 0.588. The van der Waals surface area contributed by atoms with Crippen molar-refractivity contribution >= 4 is 27.5 Å². The normalized spacial score (nSPS) is 21.9. The summed E-state index contributed by atoms with van der Waals surface area (Å²) in [6.45, 7) is 5.48. The molecule has 1 amide bonds. The summed E-state index contributed by atoms with van der Waals surface area (Å²) in [5.41, 5.74) is 3.12. The van der Waals surface area contributed by atoms with Crippen molar-refractivity contribution in [2.24, 2.45) is 5.14 Å². The Balaban J connectivity index is 1.72. The zero-order valence-electron chi connectivity index (χ0n) is 14.4. The first-order valence-corrected chi connectivity index (χ1v) is 10.5. The van der Waals surface area contributed by atoms with Crippen LogP contribution in [0.1, 0.15) is 30.0 Å². The quantitative estimate of drug-likeness (QED) is 0.845. The Kier molecular flexibility index (Phi) is 5.39. The molecule has 1 fully saturated rings. The molecular weight excluding hydrogens is 362 g/mol. The highest BCUT2D eigenvalue weighted by atomic mass is 35.5. The molecule has 1 aliphatic carbocycles. The van der Waals surface area contributed by atoms with Gasteiger partial charge >= 0.3 is 0 Å². The number of benzene rings is 1. The standard InChI is InChI=1S/C17H24ClN3O3S/c1-12(22)21-6-4-20(5-7-21)11-13-8-14-10-15(25(19,23)24)2-3-16(14)17(18)9-13/h8-9,15H,2-7,10-11H2,1H3,(H2,19,23,24). The second kappa shape index (κ2) is 7.23. The van der Waals surface area contributed by atoms with E-state index in [1.807, 2.05) is 11.0 Å². The number of carbonyl (C=O) groups excluding carboxylic acids is 1. The lowest BCUT2D eigenvalue weighted by atomic mass is 9.90. The summed E-state index contributed by atoms with van der Waals surface area (Å²) in [6.07, 6.45) is 1.60. The van der Waals surface area contributed by atoms with Crippen LogP contribution in [-0.4, -0.2) is 55.6 Å². The van der Waals surface area contributed by atoms with Crippen molar-refractivity contribution in [2.75, 3.05) is 26.2 Å². The maximum absolute atomic E-state index is 11.7. The number of carbonyl (C=O) groups is 1. The summed E-state index contributed by atoms with van der Waals surface area (Å²) >= 11 is 6.44. The number of primary sulfonamides is 1. The lowest BCUT2D eigenvalue weighted by Crippen LogP contribution is -2.47. The monoisotopic (exact) mass is 385 g/mol. The molecule has 0 saturated carbocycles. The Morgan fingerprint density at radius 1 is 1.28 bits per heavy atom. The number of nitrogens with two attached hydrogens (primary N) is 1. The number of halogens is 1. The van der Waals surface area contributed by atoms with Gasteiger partial charge < -0.3 is 4.90 Å². The Labute approximate surface area is 154 Å². The Bertz CT molecular complexity index is 774. The largest absolute Gasteiger partial charge is 0.340 e. The van der Waals surface area contributed by atoms with Gasteiger partial charge in [0.05, 0.1) is 5.25 Å². The molecule has 1 aromatic rings. The second-order valence-electron chi connectivity index (χ2n) is 6.95. The van der Waals surface area contributed by atoms with Crippen LogP contribution in [0.4, 0.5) is 0 Å². The van der Waals surface area contributed by atoms with E-state index < -0.39 is 15.3 Å². The minimum atomic E-state index is -3.53. The average molecular weight is 386 g/mol. The molecule has 1 atom stereocenters. The lowest BCUT2D eigenvalue weighted by Gasteiger charge is -2.34. The first-order chi connectivity index (χ1) is 11.7. The average Bonchev–Trinajstić information content (AvgIpc) is 2.54. The molecule has 0 radical (unpaired) electrons. The third-order valence-electron chi connectivity index (χ3n) is 5.20. The molecule has 2 N–H and O–H groups in total. The highest BCUT2D eigenvalue weighted by Crippen LogP contribution is 2.31. The number of nitrogens with zero attached hydrogens (tertiary/aromatic N) is 2. The summed E-state index contributed by atoms with van der Waals surface area (Å²) < 4.78 is 23.3. The van der Waals surface area contributed by atoms with Crippen LogP contribution in [0.25, 0.3) is 0 Å². The van der Waals surface area contributed by atoms with Crippen molar-refractivity contribution < 1.29 is 13.2 Å². The fourth-order valence-electron chi connectivity index (χ4n) is 3.72. The Hall–Kier alpha value is -1.15. The maximum Gasteiger partial charge on any atom is 0.219 e. The summed E-state index contributed by atoms with van der Waals surface area (Å²) in [4.78, 5) is 15.6.